The third kappa shape index (κ3) is 6.71. The second-order valence-corrected chi connectivity index (χ2v) is 7.30. The Balaban J connectivity index is 1.64. The van der Waals surface area contributed by atoms with E-state index in [0.29, 0.717) is 0 Å². The summed E-state index contributed by atoms with van der Waals surface area (Å²) >= 11 is 0. The highest BCUT2D eigenvalue weighted by molar-refractivity contribution is 5.81. The van der Waals surface area contributed by atoms with Gasteiger partial charge in [0.2, 0.25) is 5.91 Å². The quantitative estimate of drug-likeness (QED) is 0.379. The van der Waals surface area contributed by atoms with Crippen molar-refractivity contribution in [1.29, 1.82) is 0 Å². The van der Waals surface area contributed by atoms with Crippen LogP contribution in [0.25, 0.3) is 0 Å². The standard InChI is InChI=1S/C21H35N5O2/c1-22-21(24-14-12-17-8-10-18(28-4)11-9-17)23-13-6-16-26-15-5-7-19(26)20(27)25(2)3/h8-11,19H,5-7,12-16H2,1-4H3,(H2,22,23,24). The van der Waals surface area contributed by atoms with Gasteiger partial charge < -0.3 is 20.3 Å². The molecule has 1 aromatic carbocycles. The molecule has 156 valence electrons. The summed E-state index contributed by atoms with van der Waals surface area (Å²) in [6.07, 6.45) is 3.98. The summed E-state index contributed by atoms with van der Waals surface area (Å²) in [5.41, 5.74) is 1.26. The van der Waals surface area contributed by atoms with E-state index in [0.717, 1.165) is 63.6 Å². The number of benzene rings is 1. The lowest BCUT2D eigenvalue weighted by Gasteiger charge is -2.26. The highest BCUT2D eigenvalue weighted by Crippen LogP contribution is 2.18. The van der Waals surface area contributed by atoms with Gasteiger partial charge >= 0.3 is 0 Å². The molecule has 1 aromatic rings. The Morgan fingerprint density at radius 3 is 2.61 bits per heavy atom. The number of rotatable bonds is 9. The molecule has 1 saturated heterocycles. The van der Waals surface area contributed by atoms with Crippen LogP contribution >= 0.6 is 0 Å². The Morgan fingerprint density at radius 1 is 1.25 bits per heavy atom. The molecular formula is C21H35N5O2. The third-order valence-corrected chi connectivity index (χ3v) is 5.09. The molecule has 0 bridgehead atoms. The van der Waals surface area contributed by atoms with E-state index >= 15 is 0 Å². The smallest absolute Gasteiger partial charge is 0.239 e. The zero-order valence-corrected chi connectivity index (χ0v) is 17.7. The van der Waals surface area contributed by atoms with Crippen LogP contribution < -0.4 is 15.4 Å². The summed E-state index contributed by atoms with van der Waals surface area (Å²) in [5.74, 6) is 1.92. The molecule has 1 amide bonds. The zero-order chi connectivity index (χ0) is 20.4. The van der Waals surface area contributed by atoms with Crippen molar-refractivity contribution in [3.63, 3.8) is 0 Å². The monoisotopic (exact) mass is 389 g/mol. The van der Waals surface area contributed by atoms with Crippen molar-refractivity contribution >= 4 is 11.9 Å². The number of carbonyl (C=O) groups excluding carboxylic acids is 1. The maximum atomic E-state index is 12.2. The Labute approximate surface area is 169 Å². The summed E-state index contributed by atoms with van der Waals surface area (Å²) in [5, 5.41) is 6.71. The molecule has 0 aliphatic carbocycles. The molecule has 1 heterocycles. The van der Waals surface area contributed by atoms with E-state index in [9.17, 15) is 4.79 Å². The molecule has 2 rings (SSSR count). The van der Waals surface area contributed by atoms with Gasteiger partial charge in [-0.05, 0) is 49.9 Å². The van der Waals surface area contributed by atoms with Gasteiger partial charge in [-0.2, -0.15) is 0 Å². The van der Waals surface area contributed by atoms with Crippen LogP contribution in [-0.2, 0) is 11.2 Å². The molecule has 1 unspecified atom stereocenters. The van der Waals surface area contributed by atoms with Crippen LogP contribution in [0.5, 0.6) is 5.75 Å². The molecule has 7 heteroatoms. The predicted octanol–water partition coefficient (Wildman–Crippen LogP) is 1.35. The minimum absolute atomic E-state index is 0.0527. The molecule has 1 atom stereocenters. The van der Waals surface area contributed by atoms with Crippen LogP contribution in [0.4, 0.5) is 0 Å². The maximum Gasteiger partial charge on any atom is 0.239 e. The van der Waals surface area contributed by atoms with Gasteiger partial charge in [-0.3, -0.25) is 14.7 Å². The fraction of sp³-hybridized carbons (Fsp3) is 0.619. The lowest BCUT2D eigenvalue weighted by Crippen LogP contribution is -2.44. The van der Waals surface area contributed by atoms with Crippen LogP contribution in [0.2, 0.25) is 0 Å². The zero-order valence-electron chi connectivity index (χ0n) is 17.7. The van der Waals surface area contributed by atoms with Gasteiger partial charge in [0, 0.05) is 40.8 Å². The maximum absolute atomic E-state index is 12.2. The SMILES string of the molecule is CN=C(NCCCN1CCCC1C(=O)N(C)C)NCCc1ccc(OC)cc1. The molecule has 0 radical (unpaired) electrons. The number of hydrogen-bond donors (Lipinski definition) is 2. The van der Waals surface area contributed by atoms with Crippen molar-refractivity contribution in [3.05, 3.63) is 29.8 Å². The van der Waals surface area contributed by atoms with Crippen molar-refractivity contribution < 1.29 is 9.53 Å². The Hall–Kier alpha value is -2.28. The van der Waals surface area contributed by atoms with Crippen molar-refractivity contribution in [2.75, 3.05) is 54.4 Å². The lowest BCUT2D eigenvalue weighted by molar-refractivity contribution is -0.133. The van der Waals surface area contributed by atoms with Crippen LogP contribution in [0.3, 0.4) is 0 Å². The van der Waals surface area contributed by atoms with Gasteiger partial charge in [-0.1, -0.05) is 12.1 Å². The average Bonchev–Trinajstić information content (AvgIpc) is 3.17. The van der Waals surface area contributed by atoms with Gasteiger partial charge in [0.1, 0.15) is 5.75 Å². The Bertz CT molecular complexity index is 630. The van der Waals surface area contributed by atoms with E-state index in [2.05, 4.69) is 32.7 Å². The normalized spacial score (nSPS) is 17.4. The van der Waals surface area contributed by atoms with E-state index in [4.69, 9.17) is 4.74 Å². The average molecular weight is 390 g/mol. The number of likely N-dealkylation sites (tertiary alicyclic amines) is 1. The second kappa shape index (κ2) is 11.5. The number of guanidine groups is 1. The fourth-order valence-electron chi connectivity index (χ4n) is 3.50. The highest BCUT2D eigenvalue weighted by atomic mass is 16.5. The van der Waals surface area contributed by atoms with Crippen LogP contribution in [0, 0.1) is 0 Å². The number of aliphatic imine (C=N–C) groups is 1. The van der Waals surface area contributed by atoms with Crippen LogP contribution in [0.1, 0.15) is 24.8 Å². The highest BCUT2D eigenvalue weighted by Gasteiger charge is 2.30. The van der Waals surface area contributed by atoms with E-state index in [1.165, 1.54) is 5.56 Å². The van der Waals surface area contributed by atoms with Gasteiger partial charge in [-0.25, -0.2) is 0 Å². The molecule has 7 nitrogen and oxygen atoms in total. The number of carbonyl (C=O) groups is 1. The fourth-order valence-corrected chi connectivity index (χ4v) is 3.50. The Morgan fingerprint density at radius 2 is 1.96 bits per heavy atom. The lowest BCUT2D eigenvalue weighted by atomic mass is 10.1. The van der Waals surface area contributed by atoms with Gasteiger partial charge in [0.25, 0.3) is 0 Å². The van der Waals surface area contributed by atoms with Gasteiger partial charge in [-0.15, -0.1) is 0 Å². The topological polar surface area (TPSA) is 69.2 Å². The molecule has 1 aliphatic rings. The second-order valence-electron chi connectivity index (χ2n) is 7.30. The first-order valence-corrected chi connectivity index (χ1v) is 10.1. The number of nitrogens with zero attached hydrogens (tertiary/aromatic N) is 3. The minimum Gasteiger partial charge on any atom is -0.497 e. The number of likely N-dealkylation sites (N-methyl/N-ethyl adjacent to an activating group) is 1. The molecule has 1 aliphatic heterocycles. The number of methoxy groups -OCH3 is 1. The minimum atomic E-state index is 0.0527. The summed E-state index contributed by atoms with van der Waals surface area (Å²) < 4.78 is 5.18. The van der Waals surface area contributed by atoms with Crippen molar-refractivity contribution in [2.24, 2.45) is 4.99 Å². The molecule has 0 spiro atoms. The largest absolute Gasteiger partial charge is 0.497 e. The summed E-state index contributed by atoms with van der Waals surface area (Å²) in [4.78, 5) is 20.5. The number of amides is 1. The molecule has 0 saturated carbocycles. The van der Waals surface area contributed by atoms with E-state index in [-0.39, 0.29) is 11.9 Å². The molecule has 1 fully saturated rings. The number of ether oxygens (including phenoxy) is 1. The summed E-state index contributed by atoms with van der Waals surface area (Å²) in [6.45, 7) is 3.60. The van der Waals surface area contributed by atoms with Crippen LogP contribution in [0.15, 0.2) is 29.3 Å². The molecular weight excluding hydrogens is 354 g/mol. The first-order valence-electron chi connectivity index (χ1n) is 10.1. The van der Waals surface area contributed by atoms with Crippen molar-refractivity contribution in [2.45, 2.75) is 31.7 Å². The van der Waals surface area contributed by atoms with Gasteiger partial charge in [0.05, 0.1) is 13.2 Å². The van der Waals surface area contributed by atoms with Gasteiger partial charge in [0.15, 0.2) is 5.96 Å². The van der Waals surface area contributed by atoms with Crippen molar-refractivity contribution in [1.82, 2.24) is 20.4 Å². The van der Waals surface area contributed by atoms with Crippen molar-refractivity contribution in [3.8, 4) is 5.75 Å². The van der Waals surface area contributed by atoms with E-state index in [1.807, 2.05) is 26.2 Å². The summed E-state index contributed by atoms with van der Waals surface area (Å²) in [6, 6.07) is 8.18. The first-order chi connectivity index (χ1) is 13.5. The first kappa shape index (κ1) is 22.0. The molecule has 2 N–H and O–H groups in total. The predicted molar refractivity (Wildman–Crippen MR) is 114 cm³/mol. The van der Waals surface area contributed by atoms with Crippen LogP contribution in [-0.4, -0.2) is 82.1 Å². The number of hydrogen-bond acceptors (Lipinski definition) is 4. The molecule has 28 heavy (non-hydrogen) atoms. The summed E-state index contributed by atoms with van der Waals surface area (Å²) in [7, 11) is 7.13. The van der Waals surface area contributed by atoms with E-state index < -0.39 is 0 Å². The number of nitrogens with one attached hydrogen (secondary N) is 2. The molecule has 0 aromatic heterocycles. The third-order valence-electron chi connectivity index (χ3n) is 5.09. The Kier molecular flexibility index (Phi) is 9.07. The van der Waals surface area contributed by atoms with E-state index in [1.54, 1.807) is 19.1 Å².